The van der Waals surface area contributed by atoms with Gasteiger partial charge in [0, 0.05) is 5.56 Å². The number of pyridine rings is 1. The summed E-state index contributed by atoms with van der Waals surface area (Å²) >= 11 is 0. The zero-order chi connectivity index (χ0) is 14.2. The highest BCUT2D eigenvalue weighted by Crippen LogP contribution is 2.33. The molecule has 0 aliphatic heterocycles. The van der Waals surface area contributed by atoms with Gasteiger partial charge in [-0.05, 0) is 18.6 Å². The van der Waals surface area contributed by atoms with Crippen molar-refractivity contribution in [3.05, 3.63) is 54.6 Å². The topological polar surface area (TPSA) is 67.6 Å². The third-order valence-corrected chi connectivity index (χ3v) is 3.48. The Labute approximate surface area is 120 Å². The van der Waals surface area contributed by atoms with E-state index in [1.54, 1.807) is 12.5 Å². The van der Waals surface area contributed by atoms with Gasteiger partial charge in [-0.15, -0.1) is 0 Å². The zero-order valence-electron chi connectivity index (χ0n) is 11.4. The number of fused-ring (bicyclic) bond motifs is 1. The fourth-order valence-electron chi connectivity index (χ4n) is 2.41. The molecule has 0 saturated heterocycles. The van der Waals surface area contributed by atoms with Gasteiger partial charge in [0.25, 0.3) is 5.71 Å². The van der Waals surface area contributed by atoms with E-state index in [1.165, 1.54) is 0 Å². The minimum atomic E-state index is 0.539. The van der Waals surface area contributed by atoms with Crippen molar-refractivity contribution in [1.29, 1.82) is 0 Å². The van der Waals surface area contributed by atoms with Crippen LogP contribution in [0.4, 0.5) is 0 Å². The van der Waals surface area contributed by atoms with E-state index in [4.69, 9.17) is 4.52 Å². The number of H-pyrrole nitrogens is 1. The van der Waals surface area contributed by atoms with Gasteiger partial charge in [0.1, 0.15) is 5.69 Å². The molecule has 0 aliphatic carbocycles. The SMILES string of the molecule is Cc1noc2nc(-c3cnc[nH]3)c(-c3ccccc3)cc12. The Balaban J connectivity index is 2.06. The fourth-order valence-corrected chi connectivity index (χ4v) is 2.41. The lowest BCUT2D eigenvalue weighted by Gasteiger charge is -2.07. The normalized spacial score (nSPS) is 11.1. The number of aryl methyl sites for hydroxylation is 1. The summed E-state index contributed by atoms with van der Waals surface area (Å²) in [7, 11) is 0. The molecule has 5 nitrogen and oxygen atoms in total. The maximum atomic E-state index is 5.28. The molecule has 0 fully saturated rings. The van der Waals surface area contributed by atoms with Crippen LogP contribution in [0.1, 0.15) is 5.69 Å². The lowest BCUT2D eigenvalue weighted by molar-refractivity contribution is 0.443. The Morgan fingerprint density at radius 1 is 1.14 bits per heavy atom. The molecular formula is C16H12N4O. The van der Waals surface area contributed by atoms with Crippen LogP contribution in [0, 0.1) is 6.92 Å². The van der Waals surface area contributed by atoms with Gasteiger partial charge in [-0.2, -0.15) is 0 Å². The van der Waals surface area contributed by atoms with Crippen molar-refractivity contribution in [3.8, 4) is 22.5 Å². The van der Waals surface area contributed by atoms with Crippen LogP contribution in [0.25, 0.3) is 33.6 Å². The third-order valence-electron chi connectivity index (χ3n) is 3.48. The van der Waals surface area contributed by atoms with Crippen LogP contribution in [0.15, 0.2) is 53.4 Å². The zero-order valence-corrected chi connectivity index (χ0v) is 11.4. The summed E-state index contributed by atoms with van der Waals surface area (Å²) in [5.41, 5.74) is 5.16. The van der Waals surface area contributed by atoms with Crippen molar-refractivity contribution in [2.75, 3.05) is 0 Å². The molecular weight excluding hydrogens is 264 g/mol. The predicted molar refractivity (Wildman–Crippen MR) is 79.6 cm³/mol. The highest BCUT2D eigenvalue weighted by molar-refractivity contribution is 5.89. The molecule has 0 unspecified atom stereocenters. The van der Waals surface area contributed by atoms with E-state index in [2.05, 4.69) is 38.3 Å². The molecule has 21 heavy (non-hydrogen) atoms. The molecule has 3 heterocycles. The monoisotopic (exact) mass is 276 g/mol. The Hall–Kier alpha value is -2.95. The van der Waals surface area contributed by atoms with Crippen molar-refractivity contribution in [1.82, 2.24) is 20.1 Å². The average Bonchev–Trinajstić information content (AvgIpc) is 3.17. The summed E-state index contributed by atoms with van der Waals surface area (Å²) in [6, 6.07) is 12.2. The van der Waals surface area contributed by atoms with Gasteiger partial charge in [0.15, 0.2) is 0 Å². The summed E-state index contributed by atoms with van der Waals surface area (Å²) < 4.78 is 5.28. The van der Waals surface area contributed by atoms with Crippen molar-refractivity contribution in [3.63, 3.8) is 0 Å². The maximum Gasteiger partial charge on any atom is 0.258 e. The van der Waals surface area contributed by atoms with Gasteiger partial charge < -0.3 is 9.51 Å². The second-order valence-electron chi connectivity index (χ2n) is 4.84. The van der Waals surface area contributed by atoms with Gasteiger partial charge in [-0.25, -0.2) is 9.97 Å². The van der Waals surface area contributed by atoms with Crippen LogP contribution in [0.5, 0.6) is 0 Å². The van der Waals surface area contributed by atoms with E-state index in [1.807, 2.05) is 25.1 Å². The molecule has 5 heteroatoms. The van der Waals surface area contributed by atoms with E-state index in [9.17, 15) is 0 Å². The average molecular weight is 276 g/mol. The summed E-state index contributed by atoms with van der Waals surface area (Å²) in [4.78, 5) is 11.8. The lowest BCUT2D eigenvalue weighted by atomic mass is 10.0. The van der Waals surface area contributed by atoms with Crippen molar-refractivity contribution in [2.24, 2.45) is 0 Å². The molecule has 3 aromatic heterocycles. The highest BCUT2D eigenvalue weighted by Gasteiger charge is 2.15. The lowest BCUT2D eigenvalue weighted by Crippen LogP contribution is -1.90. The minimum Gasteiger partial charge on any atom is -0.343 e. The molecule has 0 saturated carbocycles. The smallest absolute Gasteiger partial charge is 0.258 e. The van der Waals surface area contributed by atoms with Crippen molar-refractivity contribution >= 4 is 11.1 Å². The molecule has 0 radical (unpaired) electrons. The summed E-state index contributed by atoms with van der Waals surface area (Å²) in [5, 5.41) is 4.92. The second kappa shape index (κ2) is 4.56. The number of hydrogen-bond donors (Lipinski definition) is 1. The van der Waals surface area contributed by atoms with E-state index in [-0.39, 0.29) is 0 Å². The number of aromatic nitrogens is 4. The largest absolute Gasteiger partial charge is 0.343 e. The number of rotatable bonds is 2. The first kappa shape index (κ1) is 11.8. The van der Waals surface area contributed by atoms with Gasteiger partial charge in [0.2, 0.25) is 0 Å². The molecule has 0 aliphatic rings. The van der Waals surface area contributed by atoms with Crippen LogP contribution < -0.4 is 0 Å². The third kappa shape index (κ3) is 1.90. The summed E-state index contributed by atoms with van der Waals surface area (Å²) in [6.07, 6.45) is 3.39. The minimum absolute atomic E-state index is 0.539. The molecule has 4 rings (SSSR count). The predicted octanol–water partition coefficient (Wildman–Crippen LogP) is 3.59. The number of nitrogens with zero attached hydrogens (tertiary/aromatic N) is 3. The molecule has 1 aromatic carbocycles. The highest BCUT2D eigenvalue weighted by atomic mass is 16.5. The first-order chi connectivity index (χ1) is 10.3. The molecule has 102 valence electrons. The van der Waals surface area contributed by atoms with Gasteiger partial charge in [0.05, 0.1) is 29.3 Å². The second-order valence-corrected chi connectivity index (χ2v) is 4.84. The molecule has 4 aromatic rings. The Morgan fingerprint density at radius 3 is 2.76 bits per heavy atom. The number of hydrogen-bond acceptors (Lipinski definition) is 4. The number of imidazole rings is 1. The maximum absolute atomic E-state index is 5.28. The quantitative estimate of drug-likeness (QED) is 0.607. The number of nitrogens with one attached hydrogen (secondary N) is 1. The Morgan fingerprint density at radius 2 is 2.00 bits per heavy atom. The van der Waals surface area contributed by atoms with E-state index < -0.39 is 0 Å². The molecule has 0 spiro atoms. The van der Waals surface area contributed by atoms with Gasteiger partial charge in [-0.1, -0.05) is 35.5 Å². The first-order valence-corrected chi connectivity index (χ1v) is 6.64. The van der Waals surface area contributed by atoms with Crippen LogP contribution in [0.2, 0.25) is 0 Å². The molecule has 0 bridgehead atoms. The fraction of sp³-hybridized carbons (Fsp3) is 0.0625. The van der Waals surface area contributed by atoms with Crippen LogP contribution in [-0.2, 0) is 0 Å². The Kier molecular flexibility index (Phi) is 2.57. The molecule has 0 atom stereocenters. The van der Waals surface area contributed by atoms with Gasteiger partial charge in [-0.3, -0.25) is 0 Å². The summed E-state index contributed by atoms with van der Waals surface area (Å²) in [6.45, 7) is 1.91. The number of aromatic amines is 1. The van der Waals surface area contributed by atoms with Crippen LogP contribution in [-0.4, -0.2) is 20.1 Å². The van der Waals surface area contributed by atoms with E-state index >= 15 is 0 Å². The van der Waals surface area contributed by atoms with E-state index in [0.717, 1.165) is 33.6 Å². The van der Waals surface area contributed by atoms with E-state index in [0.29, 0.717) is 5.71 Å². The molecule has 0 amide bonds. The van der Waals surface area contributed by atoms with Crippen molar-refractivity contribution < 1.29 is 4.52 Å². The molecule has 1 N–H and O–H groups in total. The van der Waals surface area contributed by atoms with Crippen molar-refractivity contribution in [2.45, 2.75) is 6.92 Å². The Bertz CT molecular complexity index is 895. The van der Waals surface area contributed by atoms with Crippen LogP contribution in [0.3, 0.4) is 0 Å². The van der Waals surface area contributed by atoms with Gasteiger partial charge >= 0.3 is 0 Å². The number of benzene rings is 1. The van der Waals surface area contributed by atoms with Crippen LogP contribution >= 0.6 is 0 Å². The summed E-state index contributed by atoms with van der Waals surface area (Å²) in [5.74, 6) is 0. The first-order valence-electron chi connectivity index (χ1n) is 6.64. The standard InChI is InChI=1S/C16H12N4O/c1-10-12-7-13(11-5-3-2-4-6-11)15(14-8-17-9-18-14)19-16(12)21-20-10/h2-9H,1H3,(H,17,18).